The van der Waals surface area contributed by atoms with E-state index < -0.39 is 17.7 Å². The smallest absolute Gasteiger partial charge is 0.409 e. The number of ether oxygens (including phenoxy) is 1. The molecular formula is C23H22F2N2O3. The number of carboxylic acid groups (broad SMARTS) is 1. The fraction of sp³-hybridized carbons (Fsp3) is 0.174. The zero-order valence-corrected chi connectivity index (χ0v) is 16.5. The van der Waals surface area contributed by atoms with Gasteiger partial charge in [-0.3, -0.25) is 10.6 Å². The number of hydrogen-bond donors (Lipinski definition) is 3. The Hall–Kier alpha value is -3.45. The van der Waals surface area contributed by atoms with Crippen molar-refractivity contribution in [1.29, 1.82) is 0 Å². The van der Waals surface area contributed by atoms with Crippen LogP contribution in [0.15, 0.2) is 66.7 Å². The van der Waals surface area contributed by atoms with E-state index in [1.807, 2.05) is 37.3 Å². The van der Waals surface area contributed by atoms with E-state index in [4.69, 9.17) is 9.84 Å². The number of benzene rings is 3. The first-order chi connectivity index (χ1) is 14.4. The van der Waals surface area contributed by atoms with Crippen molar-refractivity contribution < 1.29 is 23.4 Å². The minimum Gasteiger partial charge on any atom is -0.497 e. The molecule has 0 aromatic heterocycles. The summed E-state index contributed by atoms with van der Waals surface area (Å²) < 4.78 is 32.2. The van der Waals surface area contributed by atoms with E-state index in [0.717, 1.165) is 17.2 Å². The van der Waals surface area contributed by atoms with Gasteiger partial charge in [-0.2, -0.15) is 0 Å². The summed E-state index contributed by atoms with van der Waals surface area (Å²) >= 11 is 0. The van der Waals surface area contributed by atoms with Crippen molar-refractivity contribution in [3.05, 3.63) is 95.1 Å². The number of amides is 1. The van der Waals surface area contributed by atoms with Crippen LogP contribution in [0.1, 0.15) is 35.7 Å². The summed E-state index contributed by atoms with van der Waals surface area (Å²) in [7, 11) is 1.58. The lowest BCUT2D eigenvalue weighted by atomic mass is 9.96. The first-order valence-electron chi connectivity index (χ1n) is 9.32. The summed E-state index contributed by atoms with van der Waals surface area (Å²) in [6.07, 6.45) is -1.16. The Morgan fingerprint density at radius 2 is 1.63 bits per heavy atom. The average molecular weight is 412 g/mol. The summed E-state index contributed by atoms with van der Waals surface area (Å²) in [5.74, 6) is -1.10. The fourth-order valence-corrected chi connectivity index (χ4v) is 3.23. The zero-order chi connectivity index (χ0) is 21.7. The fourth-order valence-electron chi connectivity index (χ4n) is 3.23. The molecule has 0 heterocycles. The maximum Gasteiger partial charge on any atom is 0.409 e. The third kappa shape index (κ3) is 5.12. The SMILES string of the molecule is COc1ccc(C(NC(C)c2ccc(F)c(F)c2)c2cccc(NC(=O)O)c2)cc1. The van der Waals surface area contributed by atoms with Crippen molar-refractivity contribution >= 4 is 11.8 Å². The second kappa shape index (κ2) is 9.37. The molecule has 30 heavy (non-hydrogen) atoms. The second-order valence-electron chi connectivity index (χ2n) is 6.82. The maximum absolute atomic E-state index is 13.7. The molecule has 2 atom stereocenters. The molecule has 0 saturated heterocycles. The molecule has 0 bridgehead atoms. The Balaban J connectivity index is 1.96. The minimum atomic E-state index is -1.16. The molecule has 0 saturated carbocycles. The van der Waals surface area contributed by atoms with Gasteiger partial charge in [0.2, 0.25) is 0 Å². The molecule has 1 amide bonds. The molecule has 3 aromatic carbocycles. The predicted octanol–water partition coefficient (Wildman–Crippen LogP) is 5.50. The van der Waals surface area contributed by atoms with Crippen LogP contribution in [0.3, 0.4) is 0 Å². The first kappa shape index (κ1) is 21.3. The lowest BCUT2D eigenvalue weighted by molar-refractivity contribution is 0.209. The highest BCUT2D eigenvalue weighted by Gasteiger charge is 2.19. The number of anilines is 1. The third-order valence-electron chi connectivity index (χ3n) is 4.78. The standard InChI is InChI=1S/C23H22F2N2O3/c1-14(16-8-11-20(24)21(25)13-16)26-22(15-6-9-19(30-2)10-7-15)17-4-3-5-18(12-17)27-23(28)29/h3-14,22,26-27H,1-2H3,(H,28,29). The van der Waals surface area contributed by atoms with Crippen LogP contribution in [0.5, 0.6) is 5.75 Å². The highest BCUT2D eigenvalue weighted by molar-refractivity contribution is 5.82. The first-order valence-corrected chi connectivity index (χ1v) is 9.32. The molecule has 5 nitrogen and oxygen atoms in total. The van der Waals surface area contributed by atoms with Gasteiger partial charge in [0.25, 0.3) is 0 Å². The number of methoxy groups -OCH3 is 1. The number of halogens is 2. The van der Waals surface area contributed by atoms with E-state index in [0.29, 0.717) is 17.0 Å². The molecule has 0 aliphatic heterocycles. The van der Waals surface area contributed by atoms with Crippen molar-refractivity contribution in [1.82, 2.24) is 5.32 Å². The van der Waals surface area contributed by atoms with E-state index in [1.54, 1.807) is 25.3 Å². The Morgan fingerprint density at radius 3 is 2.27 bits per heavy atom. The highest BCUT2D eigenvalue weighted by Crippen LogP contribution is 2.29. The molecule has 3 rings (SSSR count). The Bertz CT molecular complexity index is 1030. The molecule has 0 spiro atoms. The van der Waals surface area contributed by atoms with Crippen LogP contribution in [0.25, 0.3) is 0 Å². The van der Waals surface area contributed by atoms with Crippen molar-refractivity contribution in [2.75, 3.05) is 12.4 Å². The van der Waals surface area contributed by atoms with Gasteiger partial charge in [-0.1, -0.05) is 30.3 Å². The van der Waals surface area contributed by atoms with E-state index in [2.05, 4.69) is 10.6 Å². The molecule has 7 heteroatoms. The largest absolute Gasteiger partial charge is 0.497 e. The topological polar surface area (TPSA) is 70.6 Å². The summed E-state index contributed by atoms with van der Waals surface area (Å²) in [5.41, 5.74) is 2.73. The molecule has 3 aromatic rings. The van der Waals surface area contributed by atoms with Crippen LogP contribution in [0.2, 0.25) is 0 Å². The van der Waals surface area contributed by atoms with Gasteiger partial charge < -0.3 is 9.84 Å². The monoisotopic (exact) mass is 412 g/mol. The third-order valence-corrected chi connectivity index (χ3v) is 4.78. The maximum atomic E-state index is 13.7. The van der Waals surface area contributed by atoms with Crippen molar-refractivity contribution in [3.63, 3.8) is 0 Å². The highest BCUT2D eigenvalue weighted by atomic mass is 19.2. The average Bonchev–Trinajstić information content (AvgIpc) is 2.73. The lowest BCUT2D eigenvalue weighted by Crippen LogP contribution is -2.26. The van der Waals surface area contributed by atoms with Crippen molar-refractivity contribution in [2.45, 2.75) is 19.0 Å². The molecule has 0 aliphatic rings. The van der Waals surface area contributed by atoms with Gasteiger partial charge in [0.1, 0.15) is 5.75 Å². The Morgan fingerprint density at radius 1 is 0.933 bits per heavy atom. The molecule has 2 unspecified atom stereocenters. The van der Waals surface area contributed by atoms with Gasteiger partial charge in [-0.05, 0) is 60.0 Å². The van der Waals surface area contributed by atoms with Crippen molar-refractivity contribution in [2.24, 2.45) is 0 Å². The number of rotatable bonds is 7. The van der Waals surface area contributed by atoms with E-state index in [-0.39, 0.29) is 12.1 Å². The molecule has 0 aliphatic carbocycles. The number of carbonyl (C=O) groups is 1. The molecule has 156 valence electrons. The Kier molecular flexibility index (Phi) is 6.64. The predicted molar refractivity (Wildman–Crippen MR) is 111 cm³/mol. The molecule has 0 radical (unpaired) electrons. The van der Waals surface area contributed by atoms with Crippen LogP contribution in [-0.4, -0.2) is 18.3 Å². The zero-order valence-electron chi connectivity index (χ0n) is 16.5. The Labute approximate surface area is 173 Å². The molecule has 3 N–H and O–H groups in total. The van der Waals surface area contributed by atoms with Gasteiger partial charge >= 0.3 is 6.09 Å². The van der Waals surface area contributed by atoms with Gasteiger partial charge in [0.15, 0.2) is 11.6 Å². The lowest BCUT2D eigenvalue weighted by Gasteiger charge is -2.25. The van der Waals surface area contributed by atoms with Crippen LogP contribution in [0, 0.1) is 11.6 Å². The summed E-state index contributed by atoms with van der Waals surface area (Å²) in [6.45, 7) is 1.85. The van der Waals surface area contributed by atoms with Gasteiger partial charge in [0, 0.05) is 11.7 Å². The van der Waals surface area contributed by atoms with Gasteiger partial charge in [0.05, 0.1) is 13.2 Å². The minimum absolute atomic E-state index is 0.316. The van der Waals surface area contributed by atoms with Crippen LogP contribution >= 0.6 is 0 Å². The normalized spacial score (nSPS) is 12.8. The molecular weight excluding hydrogens is 390 g/mol. The van der Waals surface area contributed by atoms with E-state index in [1.165, 1.54) is 12.1 Å². The quantitative estimate of drug-likeness (QED) is 0.479. The van der Waals surface area contributed by atoms with Gasteiger partial charge in [-0.15, -0.1) is 0 Å². The summed E-state index contributed by atoms with van der Waals surface area (Å²) in [6, 6.07) is 17.6. The summed E-state index contributed by atoms with van der Waals surface area (Å²) in [5, 5.41) is 14.8. The van der Waals surface area contributed by atoms with E-state index in [9.17, 15) is 13.6 Å². The summed E-state index contributed by atoms with van der Waals surface area (Å²) in [4.78, 5) is 11.0. The van der Waals surface area contributed by atoms with Crippen LogP contribution in [-0.2, 0) is 0 Å². The number of nitrogens with one attached hydrogen (secondary N) is 2. The second-order valence-corrected chi connectivity index (χ2v) is 6.82. The van der Waals surface area contributed by atoms with Crippen LogP contribution < -0.4 is 15.4 Å². The van der Waals surface area contributed by atoms with Gasteiger partial charge in [-0.25, -0.2) is 13.6 Å². The van der Waals surface area contributed by atoms with E-state index >= 15 is 0 Å². The number of hydrogen-bond acceptors (Lipinski definition) is 3. The van der Waals surface area contributed by atoms with Crippen molar-refractivity contribution in [3.8, 4) is 5.75 Å². The molecule has 0 fully saturated rings. The van der Waals surface area contributed by atoms with Crippen LogP contribution in [0.4, 0.5) is 19.3 Å².